The molecule has 2 aromatic carbocycles. The largest absolute Gasteiger partial charge is 0.480 e. The van der Waals surface area contributed by atoms with Crippen molar-refractivity contribution in [1.29, 1.82) is 0 Å². The van der Waals surface area contributed by atoms with Gasteiger partial charge in [-0.2, -0.15) is 0 Å². The van der Waals surface area contributed by atoms with Gasteiger partial charge in [0, 0.05) is 5.56 Å². The number of Topliss-reactive ketones (excluding diaryl/α,β-unsaturated/α-hetero) is 1. The van der Waals surface area contributed by atoms with Crippen molar-refractivity contribution in [2.75, 3.05) is 6.54 Å². The normalized spacial score (nSPS) is 17.3. The molecule has 110 valence electrons. The Balaban J connectivity index is 2.15. The van der Waals surface area contributed by atoms with Gasteiger partial charge in [-0.05, 0) is 11.6 Å². The van der Waals surface area contributed by atoms with Crippen LogP contribution in [0.25, 0.3) is 0 Å². The van der Waals surface area contributed by atoms with Gasteiger partial charge in [0.2, 0.25) is 0 Å². The Bertz CT molecular complexity index is 754. The molecule has 22 heavy (non-hydrogen) atoms. The van der Waals surface area contributed by atoms with Crippen LogP contribution in [0.2, 0.25) is 0 Å². The number of rotatable bonds is 3. The maximum atomic E-state index is 12.8. The first kappa shape index (κ1) is 14.0. The van der Waals surface area contributed by atoms with Crippen LogP contribution < -0.4 is 0 Å². The summed E-state index contributed by atoms with van der Waals surface area (Å²) in [6.07, 6.45) is 0. The molecule has 0 spiro atoms. The summed E-state index contributed by atoms with van der Waals surface area (Å²) in [4.78, 5) is 37.6. The van der Waals surface area contributed by atoms with E-state index < -0.39 is 24.5 Å². The number of hydrogen-bond donors (Lipinski definition) is 1. The van der Waals surface area contributed by atoms with Crippen molar-refractivity contribution in [3.05, 3.63) is 71.3 Å². The van der Waals surface area contributed by atoms with Gasteiger partial charge in [-0.15, -0.1) is 0 Å². The summed E-state index contributed by atoms with van der Waals surface area (Å²) in [5.74, 6) is -1.85. The number of ketones is 1. The van der Waals surface area contributed by atoms with E-state index in [0.29, 0.717) is 11.1 Å². The lowest BCUT2D eigenvalue weighted by atomic mass is 9.88. The van der Waals surface area contributed by atoms with Crippen molar-refractivity contribution in [2.24, 2.45) is 0 Å². The molecule has 2 aromatic rings. The fourth-order valence-corrected chi connectivity index (χ4v) is 2.72. The Morgan fingerprint density at radius 1 is 0.955 bits per heavy atom. The lowest BCUT2D eigenvalue weighted by Crippen LogP contribution is -2.46. The summed E-state index contributed by atoms with van der Waals surface area (Å²) >= 11 is 0. The summed E-state index contributed by atoms with van der Waals surface area (Å²) < 4.78 is 0. The zero-order chi connectivity index (χ0) is 15.7. The SMILES string of the molecule is O=C(O)CN1C(=O)c2ccccc2C(=O)C1c1ccccc1. The second kappa shape index (κ2) is 5.44. The highest BCUT2D eigenvalue weighted by atomic mass is 16.4. The van der Waals surface area contributed by atoms with E-state index in [1.54, 1.807) is 54.6 Å². The number of fused-ring (bicyclic) bond motifs is 1. The van der Waals surface area contributed by atoms with Gasteiger partial charge < -0.3 is 10.0 Å². The van der Waals surface area contributed by atoms with Crippen LogP contribution in [0.4, 0.5) is 0 Å². The maximum absolute atomic E-state index is 12.8. The third-order valence-corrected chi connectivity index (χ3v) is 3.66. The number of carboxylic acids is 1. The number of carbonyl (C=O) groups excluding carboxylic acids is 2. The molecular formula is C17H13NO4. The molecule has 1 amide bonds. The minimum Gasteiger partial charge on any atom is -0.480 e. The molecule has 5 heteroatoms. The molecule has 0 radical (unpaired) electrons. The minimum atomic E-state index is -1.15. The molecule has 1 unspecified atom stereocenters. The van der Waals surface area contributed by atoms with Crippen LogP contribution in [0.3, 0.4) is 0 Å². The molecule has 3 rings (SSSR count). The smallest absolute Gasteiger partial charge is 0.323 e. The van der Waals surface area contributed by atoms with Crippen molar-refractivity contribution in [1.82, 2.24) is 4.90 Å². The molecule has 1 N–H and O–H groups in total. The highest BCUT2D eigenvalue weighted by Gasteiger charge is 2.40. The Morgan fingerprint density at radius 2 is 1.55 bits per heavy atom. The molecule has 0 saturated carbocycles. The molecule has 1 aliphatic rings. The van der Waals surface area contributed by atoms with Crippen molar-refractivity contribution in [3.63, 3.8) is 0 Å². The third kappa shape index (κ3) is 2.26. The molecule has 1 heterocycles. The predicted octanol–water partition coefficient (Wildman–Crippen LogP) is 2.15. The molecule has 0 bridgehead atoms. The number of amides is 1. The van der Waals surface area contributed by atoms with E-state index in [1.807, 2.05) is 0 Å². The van der Waals surface area contributed by atoms with E-state index in [2.05, 4.69) is 0 Å². The Morgan fingerprint density at radius 3 is 2.18 bits per heavy atom. The van der Waals surface area contributed by atoms with Gasteiger partial charge in [-0.25, -0.2) is 0 Å². The van der Waals surface area contributed by atoms with E-state index in [0.717, 1.165) is 4.90 Å². The quantitative estimate of drug-likeness (QED) is 0.941. The van der Waals surface area contributed by atoms with E-state index in [4.69, 9.17) is 5.11 Å². The zero-order valence-electron chi connectivity index (χ0n) is 11.6. The Hall–Kier alpha value is -2.95. The van der Waals surface area contributed by atoms with Gasteiger partial charge in [0.25, 0.3) is 5.91 Å². The molecule has 0 saturated heterocycles. The van der Waals surface area contributed by atoms with Gasteiger partial charge in [0.15, 0.2) is 5.78 Å². The summed E-state index contributed by atoms with van der Waals surface area (Å²) in [5, 5.41) is 9.08. The van der Waals surface area contributed by atoms with E-state index in [-0.39, 0.29) is 11.3 Å². The second-order valence-electron chi connectivity index (χ2n) is 5.05. The van der Waals surface area contributed by atoms with Crippen LogP contribution in [-0.2, 0) is 4.79 Å². The first-order valence-corrected chi connectivity index (χ1v) is 6.80. The van der Waals surface area contributed by atoms with Gasteiger partial charge in [0.1, 0.15) is 12.6 Å². The highest BCUT2D eigenvalue weighted by molar-refractivity contribution is 6.15. The van der Waals surface area contributed by atoms with Crippen LogP contribution in [0.15, 0.2) is 54.6 Å². The molecule has 5 nitrogen and oxygen atoms in total. The summed E-state index contributed by atoms with van der Waals surface area (Å²) in [7, 11) is 0. The van der Waals surface area contributed by atoms with E-state index in [1.165, 1.54) is 0 Å². The van der Waals surface area contributed by atoms with Crippen LogP contribution in [0.1, 0.15) is 32.3 Å². The molecule has 0 aliphatic carbocycles. The number of carboxylic acid groups (broad SMARTS) is 1. The maximum Gasteiger partial charge on any atom is 0.323 e. The van der Waals surface area contributed by atoms with Crippen LogP contribution in [-0.4, -0.2) is 34.2 Å². The Kier molecular flexibility index (Phi) is 3.47. The van der Waals surface area contributed by atoms with Gasteiger partial charge in [-0.3, -0.25) is 14.4 Å². The fraction of sp³-hybridized carbons (Fsp3) is 0.118. The van der Waals surface area contributed by atoms with E-state index in [9.17, 15) is 14.4 Å². The lowest BCUT2D eigenvalue weighted by molar-refractivity contribution is -0.138. The number of carbonyl (C=O) groups is 3. The third-order valence-electron chi connectivity index (χ3n) is 3.66. The summed E-state index contributed by atoms with van der Waals surface area (Å²) in [6.45, 7) is -0.515. The molecule has 0 aromatic heterocycles. The topological polar surface area (TPSA) is 74.7 Å². The van der Waals surface area contributed by atoms with Crippen LogP contribution >= 0.6 is 0 Å². The molecule has 1 atom stereocenters. The van der Waals surface area contributed by atoms with E-state index >= 15 is 0 Å². The zero-order valence-corrected chi connectivity index (χ0v) is 11.6. The number of benzene rings is 2. The number of aliphatic carboxylic acids is 1. The molecular weight excluding hydrogens is 282 g/mol. The highest BCUT2D eigenvalue weighted by Crippen LogP contribution is 2.32. The second-order valence-corrected chi connectivity index (χ2v) is 5.05. The average molecular weight is 295 g/mol. The van der Waals surface area contributed by atoms with Crippen molar-refractivity contribution < 1.29 is 19.5 Å². The van der Waals surface area contributed by atoms with Gasteiger partial charge in [0.05, 0.1) is 5.56 Å². The predicted molar refractivity (Wildman–Crippen MR) is 78.6 cm³/mol. The number of hydrogen-bond acceptors (Lipinski definition) is 3. The monoisotopic (exact) mass is 295 g/mol. The molecule has 0 fully saturated rings. The Labute approximate surface area is 126 Å². The van der Waals surface area contributed by atoms with Crippen molar-refractivity contribution in [2.45, 2.75) is 6.04 Å². The lowest BCUT2D eigenvalue weighted by Gasteiger charge is -2.34. The van der Waals surface area contributed by atoms with Crippen LogP contribution in [0.5, 0.6) is 0 Å². The standard InChI is InChI=1S/C17H13NO4/c19-14(20)10-18-15(11-6-2-1-3-7-11)16(21)12-8-4-5-9-13(12)17(18)22/h1-9,15H,10H2,(H,19,20). The minimum absolute atomic E-state index is 0.251. The first-order valence-electron chi connectivity index (χ1n) is 6.80. The van der Waals surface area contributed by atoms with Crippen molar-refractivity contribution >= 4 is 17.7 Å². The summed E-state index contributed by atoms with van der Waals surface area (Å²) in [6, 6.07) is 14.4. The number of nitrogens with zero attached hydrogens (tertiary/aromatic N) is 1. The van der Waals surface area contributed by atoms with Crippen LogP contribution in [0, 0.1) is 0 Å². The molecule has 1 aliphatic heterocycles. The first-order chi connectivity index (χ1) is 10.6. The average Bonchev–Trinajstić information content (AvgIpc) is 2.53. The fourth-order valence-electron chi connectivity index (χ4n) is 2.72. The van der Waals surface area contributed by atoms with Crippen molar-refractivity contribution in [3.8, 4) is 0 Å². The van der Waals surface area contributed by atoms with Gasteiger partial charge >= 0.3 is 5.97 Å². The summed E-state index contributed by atoms with van der Waals surface area (Å²) in [5.41, 5.74) is 1.19. The van der Waals surface area contributed by atoms with Gasteiger partial charge in [-0.1, -0.05) is 48.5 Å².